The summed E-state index contributed by atoms with van der Waals surface area (Å²) in [5.74, 6) is -1.21. The highest BCUT2D eigenvalue weighted by atomic mass is 19.1. The first-order chi connectivity index (χ1) is 11.4. The maximum atomic E-state index is 12.9. The molecule has 0 aliphatic rings. The van der Waals surface area contributed by atoms with Gasteiger partial charge in [0.1, 0.15) is 11.9 Å². The molecule has 24 heavy (non-hydrogen) atoms. The normalized spacial score (nSPS) is 11.9. The van der Waals surface area contributed by atoms with E-state index in [0.29, 0.717) is 11.3 Å². The summed E-state index contributed by atoms with van der Waals surface area (Å²) in [5.41, 5.74) is 2.08. The van der Waals surface area contributed by atoms with Crippen LogP contribution in [0.15, 0.2) is 48.5 Å². The highest BCUT2D eigenvalue weighted by Gasteiger charge is 2.24. The largest absolute Gasteiger partial charge is 0.340 e. The number of rotatable bonds is 5. The fourth-order valence-corrected chi connectivity index (χ4v) is 2.22. The summed E-state index contributed by atoms with van der Waals surface area (Å²) in [6.07, 6.45) is 0. The minimum Gasteiger partial charge on any atom is -0.340 e. The number of nitrogens with one attached hydrogen (secondary N) is 2. The Balaban J connectivity index is 2.07. The van der Waals surface area contributed by atoms with Gasteiger partial charge in [-0.1, -0.05) is 31.5 Å². The predicted octanol–water partition coefficient (Wildman–Crippen LogP) is 3.53. The molecule has 1 unspecified atom stereocenters. The van der Waals surface area contributed by atoms with E-state index in [4.69, 9.17) is 0 Å². The molecule has 0 radical (unpaired) electrons. The van der Waals surface area contributed by atoms with E-state index in [-0.39, 0.29) is 11.8 Å². The number of benzene rings is 2. The van der Waals surface area contributed by atoms with Crippen molar-refractivity contribution < 1.29 is 14.0 Å². The topological polar surface area (TPSA) is 58.2 Å². The Bertz CT molecular complexity index is 709. The molecule has 2 aromatic carbocycles. The zero-order valence-electron chi connectivity index (χ0n) is 14.0. The quantitative estimate of drug-likeness (QED) is 0.882. The summed E-state index contributed by atoms with van der Waals surface area (Å²) in [6.45, 7) is 5.67. The number of hydrogen-bond donors (Lipinski definition) is 2. The van der Waals surface area contributed by atoms with Crippen molar-refractivity contribution in [3.8, 4) is 0 Å². The summed E-state index contributed by atoms with van der Waals surface area (Å²) in [7, 11) is 0. The molecule has 0 spiro atoms. The van der Waals surface area contributed by atoms with Crippen LogP contribution < -0.4 is 10.6 Å². The van der Waals surface area contributed by atoms with E-state index in [0.717, 1.165) is 5.56 Å². The molecule has 0 heterocycles. The molecule has 0 aliphatic carbocycles. The maximum Gasteiger partial charge on any atom is 0.251 e. The average Bonchev–Trinajstić information content (AvgIpc) is 2.54. The van der Waals surface area contributed by atoms with Crippen molar-refractivity contribution in [1.82, 2.24) is 5.32 Å². The van der Waals surface area contributed by atoms with Crippen LogP contribution in [0.1, 0.15) is 29.8 Å². The van der Waals surface area contributed by atoms with Crippen LogP contribution in [0.25, 0.3) is 0 Å². The van der Waals surface area contributed by atoms with Crippen LogP contribution >= 0.6 is 0 Å². The summed E-state index contributed by atoms with van der Waals surface area (Å²) < 4.78 is 12.9. The van der Waals surface area contributed by atoms with Gasteiger partial charge in [-0.3, -0.25) is 9.59 Å². The lowest BCUT2D eigenvalue weighted by Gasteiger charge is -2.22. The number of carbonyl (C=O) groups is 2. The monoisotopic (exact) mass is 328 g/mol. The van der Waals surface area contributed by atoms with Crippen molar-refractivity contribution in [2.75, 3.05) is 5.32 Å². The van der Waals surface area contributed by atoms with Gasteiger partial charge in [0.2, 0.25) is 5.91 Å². The van der Waals surface area contributed by atoms with Gasteiger partial charge in [0.15, 0.2) is 0 Å². The minimum atomic E-state index is -0.691. The summed E-state index contributed by atoms with van der Waals surface area (Å²) in [5, 5.41) is 5.51. The van der Waals surface area contributed by atoms with Gasteiger partial charge in [0, 0.05) is 11.3 Å². The molecular weight excluding hydrogens is 307 g/mol. The Kier molecular flexibility index (Phi) is 5.68. The van der Waals surface area contributed by atoms with E-state index in [2.05, 4.69) is 10.6 Å². The highest BCUT2D eigenvalue weighted by molar-refractivity contribution is 6.01. The Hall–Kier alpha value is -2.69. The Morgan fingerprint density at radius 3 is 2.08 bits per heavy atom. The number of hydrogen-bond acceptors (Lipinski definition) is 2. The molecule has 126 valence electrons. The molecule has 4 nitrogen and oxygen atoms in total. The van der Waals surface area contributed by atoms with Gasteiger partial charge in [0.25, 0.3) is 5.91 Å². The first kappa shape index (κ1) is 17.7. The molecule has 5 heteroatoms. The number of aryl methyl sites for hydroxylation is 1. The van der Waals surface area contributed by atoms with Gasteiger partial charge in [-0.05, 0) is 49.2 Å². The number of amides is 2. The zero-order valence-corrected chi connectivity index (χ0v) is 14.0. The van der Waals surface area contributed by atoms with Crippen molar-refractivity contribution in [3.05, 3.63) is 65.5 Å². The summed E-state index contributed by atoms with van der Waals surface area (Å²) in [6, 6.07) is 11.9. The van der Waals surface area contributed by atoms with Crippen molar-refractivity contribution in [1.29, 1.82) is 0 Å². The number of carbonyl (C=O) groups excluding carboxylic acids is 2. The van der Waals surface area contributed by atoms with Crippen LogP contribution in [0.5, 0.6) is 0 Å². The van der Waals surface area contributed by atoms with Crippen LogP contribution in [0.4, 0.5) is 10.1 Å². The second-order valence-corrected chi connectivity index (χ2v) is 6.06. The van der Waals surface area contributed by atoms with Crippen LogP contribution in [0, 0.1) is 18.7 Å². The Labute approximate surface area is 141 Å². The molecule has 0 bridgehead atoms. The highest BCUT2D eigenvalue weighted by Crippen LogP contribution is 2.12. The summed E-state index contributed by atoms with van der Waals surface area (Å²) >= 11 is 0. The second-order valence-electron chi connectivity index (χ2n) is 6.06. The Morgan fingerprint density at radius 1 is 0.958 bits per heavy atom. The first-order valence-electron chi connectivity index (χ1n) is 7.81. The van der Waals surface area contributed by atoms with Gasteiger partial charge in [0.05, 0.1) is 0 Å². The standard InChI is InChI=1S/C19H21FN2O2/c1-12(2)17(19(24)21-16-10-4-13(3)5-11-16)22-18(23)14-6-8-15(20)9-7-14/h4-12,17H,1-3H3,(H,21,24)(H,22,23). The molecule has 0 saturated carbocycles. The van der Waals surface area contributed by atoms with Crippen molar-refractivity contribution >= 4 is 17.5 Å². The van der Waals surface area contributed by atoms with Gasteiger partial charge in [-0.15, -0.1) is 0 Å². The fourth-order valence-electron chi connectivity index (χ4n) is 2.22. The minimum absolute atomic E-state index is 0.0974. The lowest BCUT2D eigenvalue weighted by atomic mass is 10.0. The predicted molar refractivity (Wildman–Crippen MR) is 92.3 cm³/mol. The van der Waals surface area contributed by atoms with E-state index in [9.17, 15) is 14.0 Å². The molecule has 2 amide bonds. The summed E-state index contributed by atoms with van der Waals surface area (Å²) in [4.78, 5) is 24.7. The maximum absolute atomic E-state index is 12.9. The van der Waals surface area contributed by atoms with Crippen molar-refractivity contribution in [2.24, 2.45) is 5.92 Å². The number of anilines is 1. The van der Waals surface area contributed by atoms with E-state index in [1.165, 1.54) is 24.3 Å². The van der Waals surface area contributed by atoms with Gasteiger partial charge in [-0.25, -0.2) is 4.39 Å². The molecule has 2 N–H and O–H groups in total. The lowest BCUT2D eigenvalue weighted by molar-refractivity contribution is -0.118. The van der Waals surface area contributed by atoms with Gasteiger partial charge < -0.3 is 10.6 Å². The lowest BCUT2D eigenvalue weighted by Crippen LogP contribution is -2.47. The smallest absolute Gasteiger partial charge is 0.251 e. The average molecular weight is 328 g/mol. The molecule has 0 fully saturated rings. The molecule has 1 atom stereocenters. The van der Waals surface area contributed by atoms with Crippen molar-refractivity contribution in [3.63, 3.8) is 0 Å². The molecular formula is C19H21FN2O2. The van der Waals surface area contributed by atoms with Crippen LogP contribution in [-0.2, 0) is 4.79 Å². The molecule has 0 aromatic heterocycles. The molecule has 2 rings (SSSR count). The first-order valence-corrected chi connectivity index (χ1v) is 7.81. The SMILES string of the molecule is Cc1ccc(NC(=O)C(NC(=O)c2ccc(F)cc2)C(C)C)cc1. The second kappa shape index (κ2) is 7.73. The molecule has 2 aromatic rings. The van der Waals surface area contributed by atoms with Crippen LogP contribution in [0.3, 0.4) is 0 Å². The Morgan fingerprint density at radius 2 is 1.54 bits per heavy atom. The van der Waals surface area contributed by atoms with E-state index in [1.807, 2.05) is 45.0 Å². The van der Waals surface area contributed by atoms with Gasteiger partial charge >= 0.3 is 0 Å². The van der Waals surface area contributed by atoms with Crippen molar-refractivity contribution in [2.45, 2.75) is 26.8 Å². The van der Waals surface area contributed by atoms with Gasteiger partial charge in [-0.2, -0.15) is 0 Å². The third-order valence-electron chi connectivity index (χ3n) is 3.66. The third-order valence-corrected chi connectivity index (χ3v) is 3.66. The van der Waals surface area contributed by atoms with E-state index >= 15 is 0 Å². The molecule has 0 saturated heterocycles. The van der Waals surface area contributed by atoms with E-state index < -0.39 is 17.8 Å². The zero-order chi connectivity index (χ0) is 17.7. The van der Waals surface area contributed by atoms with Crippen LogP contribution in [-0.4, -0.2) is 17.9 Å². The number of halogens is 1. The molecule has 0 aliphatic heterocycles. The van der Waals surface area contributed by atoms with E-state index in [1.54, 1.807) is 0 Å². The fraction of sp³-hybridized carbons (Fsp3) is 0.263. The third kappa shape index (κ3) is 4.65. The van der Waals surface area contributed by atoms with Crippen LogP contribution in [0.2, 0.25) is 0 Å².